The van der Waals surface area contributed by atoms with Gasteiger partial charge < -0.3 is 4.90 Å². The maximum atomic E-state index is 3.83. The molecule has 1 aliphatic carbocycles. The van der Waals surface area contributed by atoms with Crippen molar-refractivity contribution in [3.63, 3.8) is 0 Å². The molecule has 1 saturated carbocycles. The van der Waals surface area contributed by atoms with Crippen LogP contribution >= 0.6 is 15.9 Å². The van der Waals surface area contributed by atoms with Crippen LogP contribution in [0.1, 0.15) is 65.2 Å². The monoisotopic (exact) mass is 315 g/mol. The maximum absolute atomic E-state index is 3.83. The largest absolute Gasteiger partial charge is 0.300 e. The fourth-order valence-corrected chi connectivity index (χ4v) is 4.67. The predicted octanol–water partition coefficient (Wildman–Crippen LogP) is 4.84. The summed E-state index contributed by atoms with van der Waals surface area (Å²) in [6.45, 7) is 7.53. The van der Waals surface area contributed by atoms with Crippen LogP contribution in [0.15, 0.2) is 0 Å². The quantitative estimate of drug-likeness (QED) is 0.532. The Bertz CT molecular complexity index is 245. The van der Waals surface area contributed by atoms with Crippen molar-refractivity contribution in [2.75, 3.05) is 18.4 Å². The van der Waals surface area contributed by atoms with Gasteiger partial charge in [-0.2, -0.15) is 0 Å². The number of likely N-dealkylation sites (tertiary alicyclic amines) is 1. The minimum Gasteiger partial charge on any atom is -0.300 e. The van der Waals surface area contributed by atoms with Crippen LogP contribution in [0.5, 0.6) is 0 Å². The van der Waals surface area contributed by atoms with E-state index in [4.69, 9.17) is 0 Å². The topological polar surface area (TPSA) is 3.24 Å². The number of alkyl halides is 1. The van der Waals surface area contributed by atoms with Gasteiger partial charge in [-0.05, 0) is 50.5 Å². The van der Waals surface area contributed by atoms with E-state index in [2.05, 4.69) is 34.7 Å². The second kappa shape index (κ2) is 6.74. The molecule has 1 saturated heterocycles. The lowest BCUT2D eigenvalue weighted by Gasteiger charge is -2.43. The van der Waals surface area contributed by atoms with E-state index in [1.807, 2.05) is 0 Å². The van der Waals surface area contributed by atoms with Crippen molar-refractivity contribution in [1.82, 2.24) is 4.90 Å². The molecular formula is C16H30BrN. The molecule has 2 unspecified atom stereocenters. The molecule has 1 aliphatic heterocycles. The number of halogens is 1. The van der Waals surface area contributed by atoms with E-state index in [0.29, 0.717) is 5.41 Å². The van der Waals surface area contributed by atoms with Crippen LogP contribution in [0.2, 0.25) is 0 Å². The molecule has 18 heavy (non-hydrogen) atoms. The first-order valence-corrected chi connectivity index (χ1v) is 9.07. The molecule has 0 aromatic carbocycles. The van der Waals surface area contributed by atoms with Crippen LogP contribution in [0, 0.1) is 11.3 Å². The minimum atomic E-state index is 0.575. The highest BCUT2D eigenvalue weighted by molar-refractivity contribution is 9.09. The van der Waals surface area contributed by atoms with Crippen molar-refractivity contribution in [2.24, 2.45) is 11.3 Å². The lowest BCUT2D eigenvalue weighted by atomic mass is 9.80. The van der Waals surface area contributed by atoms with Gasteiger partial charge in [-0.15, -0.1) is 0 Å². The molecular weight excluding hydrogens is 286 g/mol. The first kappa shape index (κ1) is 14.8. The third-order valence-corrected chi connectivity index (χ3v) is 6.45. The SMILES string of the molecule is CC1CCN(CC2(CBr)CCCCCC2)C(C)C1. The van der Waals surface area contributed by atoms with Crippen LogP contribution in [-0.2, 0) is 0 Å². The normalized spacial score (nSPS) is 34.2. The lowest BCUT2D eigenvalue weighted by molar-refractivity contribution is 0.0727. The molecule has 0 N–H and O–H groups in total. The van der Waals surface area contributed by atoms with Crippen LogP contribution in [0.3, 0.4) is 0 Å². The van der Waals surface area contributed by atoms with Crippen molar-refractivity contribution >= 4 is 15.9 Å². The summed E-state index contributed by atoms with van der Waals surface area (Å²) in [6, 6.07) is 0.799. The predicted molar refractivity (Wildman–Crippen MR) is 83.4 cm³/mol. The zero-order valence-electron chi connectivity index (χ0n) is 12.3. The number of piperidine rings is 1. The molecule has 106 valence electrons. The van der Waals surface area contributed by atoms with Crippen LogP contribution in [0.4, 0.5) is 0 Å². The Kier molecular flexibility index (Phi) is 5.56. The van der Waals surface area contributed by atoms with Crippen molar-refractivity contribution in [2.45, 2.75) is 71.3 Å². The average molecular weight is 316 g/mol. The van der Waals surface area contributed by atoms with E-state index in [-0.39, 0.29) is 0 Å². The molecule has 0 aromatic heterocycles. The van der Waals surface area contributed by atoms with Gasteiger partial charge in [0.2, 0.25) is 0 Å². The summed E-state index contributed by atoms with van der Waals surface area (Å²) in [4.78, 5) is 2.78. The fourth-order valence-electron chi connectivity index (χ4n) is 3.93. The Balaban J connectivity index is 1.96. The minimum absolute atomic E-state index is 0.575. The van der Waals surface area contributed by atoms with Gasteiger partial charge in [-0.3, -0.25) is 0 Å². The molecule has 0 amide bonds. The maximum Gasteiger partial charge on any atom is 0.0100 e. The second-order valence-corrected chi connectivity index (χ2v) is 7.56. The molecule has 1 heterocycles. The summed E-state index contributed by atoms with van der Waals surface area (Å²) in [7, 11) is 0. The van der Waals surface area contributed by atoms with Gasteiger partial charge in [0, 0.05) is 17.9 Å². The van der Waals surface area contributed by atoms with Crippen molar-refractivity contribution in [1.29, 1.82) is 0 Å². The molecule has 0 spiro atoms. The summed E-state index contributed by atoms with van der Waals surface area (Å²) < 4.78 is 0. The van der Waals surface area contributed by atoms with Crippen molar-refractivity contribution < 1.29 is 0 Å². The zero-order valence-corrected chi connectivity index (χ0v) is 13.8. The third-order valence-electron chi connectivity index (χ3n) is 5.26. The zero-order chi connectivity index (χ0) is 13.0. The van der Waals surface area contributed by atoms with Gasteiger partial charge in [0.25, 0.3) is 0 Å². The summed E-state index contributed by atoms with van der Waals surface area (Å²) in [5.41, 5.74) is 0.575. The van der Waals surface area contributed by atoms with Gasteiger partial charge in [-0.25, -0.2) is 0 Å². The van der Waals surface area contributed by atoms with E-state index >= 15 is 0 Å². The van der Waals surface area contributed by atoms with E-state index in [1.54, 1.807) is 0 Å². The molecule has 0 bridgehead atoms. The summed E-state index contributed by atoms with van der Waals surface area (Å²) >= 11 is 3.83. The second-order valence-electron chi connectivity index (χ2n) is 7.00. The molecule has 0 radical (unpaired) electrons. The number of nitrogens with zero attached hydrogens (tertiary/aromatic N) is 1. The highest BCUT2D eigenvalue weighted by Gasteiger charge is 2.34. The number of hydrogen-bond donors (Lipinski definition) is 0. The Morgan fingerprint density at radius 2 is 1.78 bits per heavy atom. The van der Waals surface area contributed by atoms with Gasteiger partial charge in [0.15, 0.2) is 0 Å². The van der Waals surface area contributed by atoms with Gasteiger partial charge >= 0.3 is 0 Å². The van der Waals surface area contributed by atoms with Gasteiger partial charge in [0.05, 0.1) is 0 Å². The van der Waals surface area contributed by atoms with Gasteiger partial charge in [-0.1, -0.05) is 48.5 Å². The smallest absolute Gasteiger partial charge is 0.0100 e. The third kappa shape index (κ3) is 3.72. The Morgan fingerprint density at radius 1 is 1.11 bits per heavy atom. The first-order chi connectivity index (χ1) is 8.65. The highest BCUT2D eigenvalue weighted by Crippen LogP contribution is 2.39. The standard InChI is InChI=1S/C16H30BrN/c1-14-7-10-18(15(2)11-14)13-16(12-17)8-5-3-4-6-9-16/h14-15H,3-13H2,1-2H3. The van der Waals surface area contributed by atoms with E-state index in [1.165, 1.54) is 69.8 Å². The van der Waals surface area contributed by atoms with Crippen LogP contribution in [0.25, 0.3) is 0 Å². The van der Waals surface area contributed by atoms with E-state index < -0.39 is 0 Å². The molecule has 2 rings (SSSR count). The average Bonchev–Trinajstić information content (AvgIpc) is 2.59. The molecule has 2 aliphatic rings. The number of rotatable bonds is 3. The molecule has 1 nitrogen and oxygen atoms in total. The summed E-state index contributed by atoms with van der Waals surface area (Å²) in [5, 5.41) is 1.21. The highest BCUT2D eigenvalue weighted by atomic mass is 79.9. The van der Waals surface area contributed by atoms with Crippen LogP contribution < -0.4 is 0 Å². The van der Waals surface area contributed by atoms with Crippen molar-refractivity contribution in [3.05, 3.63) is 0 Å². The Labute approximate surface area is 122 Å². The van der Waals surface area contributed by atoms with E-state index in [0.717, 1.165) is 12.0 Å². The summed E-state index contributed by atoms with van der Waals surface area (Å²) in [5.74, 6) is 0.935. The Morgan fingerprint density at radius 3 is 2.33 bits per heavy atom. The van der Waals surface area contributed by atoms with Crippen LogP contribution in [-0.4, -0.2) is 29.4 Å². The summed E-state index contributed by atoms with van der Waals surface area (Å²) in [6.07, 6.45) is 11.5. The van der Waals surface area contributed by atoms with E-state index in [9.17, 15) is 0 Å². The molecule has 0 aromatic rings. The molecule has 2 fully saturated rings. The van der Waals surface area contributed by atoms with Crippen molar-refractivity contribution in [3.8, 4) is 0 Å². The molecule has 2 heteroatoms. The molecule has 2 atom stereocenters. The van der Waals surface area contributed by atoms with Gasteiger partial charge in [0.1, 0.15) is 0 Å². The fraction of sp³-hybridized carbons (Fsp3) is 1.00. The first-order valence-electron chi connectivity index (χ1n) is 7.95. The Hall–Kier alpha value is 0.440. The lowest BCUT2D eigenvalue weighted by Crippen LogP contribution is -2.47. The number of hydrogen-bond acceptors (Lipinski definition) is 1.